The molecule has 1 amide bonds. The molecule has 0 fully saturated rings. The van der Waals surface area contributed by atoms with Gasteiger partial charge in [-0.15, -0.1) is 0 Å². The number of nitrogens with one attached hydrogen (secondary N) is 1. The third kappa shape index (κ3) is 3.75. The van der Waals surface area contributed by atoms with Crippen molar-refractivity contribution in [3.63, 3.8) is 0 Å². The number of benzene rings is 2. The monoisotopic (exact) mass is 404 g/mol. The van der Waals surface area contributed by atoms with E-state index in [4.69, 9.17) is 4.74 Å². The summed E-state index contributed by atoms with van der Waals surface area (Å²) in [5, 5.41) is 22.1. The van der Waals surface area contributed by atoms with Crippen LogP contribution >= 0.6 is 0 Å². The summed E-state index contributed by atoms with van der Waals surface area (Å²) in [4.78, 5) is 27.8. The lowest BCUT2D eigenvalue weighted by Gasteiger charge is -2.21. The Kier molecular flexibility index (Phi) is 5.45. The van der Waals surface area contributed by atoms with Crippen molar-refractivity contribution in [2.75, 3.05) is 6.61 Å². The topological polar surface area (TPSA) is 109 Å². The highest BCUT2D eigenvalue weighted by Crippen LogP contribution is 2.44. The Morgan fingerprint density at radius 2 is 1.53 bits per heavy atom. The number of pyridine rings is 1. The summed E-state index contributed by atoms with van der Waals surface area (Å²) in [6, 6.07) is 17.3. The summed E-state index contributed by atoms with van der Waals surface area (Å²) in [6.45, 7) is 0.0531. The van der Waals surface area contributed by atoms with E-state index in [-0.39, 0.29) is 12.5 Å². The summed E-state index contributed by atoms with van der Waals surface area (Å²) in [5.74, 6) is -1.51. The van der Waals surface area contributed by atoms with Crippen LogP contribution in [0, 0.1) is 0 Å². The van der Waals surface area contributed by atoms with Crippen LogP contribution in [0.3, 0.4) is 0 Å². The van der Waals surface area contributed by atoms with E-state index in [0.717, 1.165) is 22.3 Å². The second kappa shape index (κ2) is 8.34. The van der Waals surface area contributed by atoms with Gasteiger partial charge >= 0.3 is 12.1 Å². The van der Waals surface area contributed by atoms with Crippen LogP contribution in [0.1, 0.15) is 28.7 Å². The minimum Gasteiger partial charge on any atom is -0.480 e. The Balaban J connectivity index is 1.46. The molecule has 4 rings (SSSR count). The number of ether oxygens (including phenoxy) is 1. The number of rotatable bonds is 6. The first-order valence-corrected chi connectivity index (χ1v) is 9.48. The number of aliphatic hydroxyl groups excluding tert-OH is 1. The van der Waals surface area contributed by atoms with Gasteiger partial charge in [-0.1, -0.05) is 48.5 Å². The minimum atomic E-state index is -1.55. The summed E-state index contributed by atoms with van der Waals surface area (Å²) in [6.07, 6.45) is 0.526. The van der Waals surface area contributed by atoms with Crippen molar-refractivity contribution in [3.8, 4) is 11.1 Å². The number of aliphatic hydroxyl groups is 1. The lowest BCUT2D eigenvalue weighted by atomic mass is 9.98. The van der Waals surface area contributed by atoms with Crippen LogP contribution in [-0.2, 0) is 9.53 Å². The number of fused-ring (bicyclic) bond motifs is 3. The van der Waals surface area contributed by atoms with E-state index in [0.29, 0.717) is 5.56 Å². The average molecular weight is 404 g/mol. The van der Waals surface area contributed by atoms with Gasteiger partial charge in [0.05, 0.1) is 0 Å². The normalized spacial score (nSPS) is 14.3. The van der Waals surface area contributed by atoms with Crippen molar-refractivity contribution < 1.29 is 24.5 Å². The number of carboxylic acid groups (broad SMARTS) is 1. The van der Waals surface area contributed by atoms with Crippen LogP contribution in [0.2, 0.25) is 0 Å². The third-order valence-corrected chi connectivity index (χ3v) is 5.25. The fraction of sp³-hybridized carbons (Fsp3) is 0.174. The molecule has 0 saturated heterocycles. The third-order valence-electron chi connectivity index (χ3n) is 5.25. The molecule has 30 heavy (non-hydrogen) atoms. The van der Waals surface area contributed by atoms with Crippen LogP contribution in [0.4, 0.5) is 4.79 Å². The van der Waals surface area contributed by atoms with E-state index in [9.17, 15) is 19.8 Å². The zero-order chi connectivity index (χ0) is 21.1. The SMILES string of the molecule is O=C(N[C@H](C(=O)O)[C@H](O)c1ccncc1)OCC1c2ccccc2-c2ccccc21. The van der Waals surface area contributed by atoms with E-state index in [1.807, 2.05) is 48.5 Å². The van der Waals surface area contributed by atoms with Crippen molar-refractivity contribution >= 4 is 12.1 Å². The lowest BCUT2D eigenvalue weighted by molar-refractivity contribution is -0.142. The van der Waals surface area contributed by atoms with Gasteiger partial charge in [0, 0.05) is 18.3 Å². The largest absolute Gasteiger partial charge is 0.480 e. The number of carbonyl (C=O) groups is 2. The first-order chi connectivity index (χ1) is 14.6. The van der Waals surface area contributed by atoms with E-state index < -0.39 is 24.2 Å². The molecule has 1 aliphatic rings. The number of alkyl carbamates (subject to hydrolysis) is 1. The number of amides is 1. The van der Waals surface area contributed by atoms with Gasteiger partial charge in [0.15, 0.2) is 6.04 Å². The van der Waals surface area contributed by atoms with Gasteiger partial charge in [0.25, 0.3) is 0 Å². The Morgan fingerprint density at radius 3 is 2.10 bits per heavy atom. The number of carbonyl (C=O) groups excluding carboxylic acids is 1. The maximum absolute atomic E-state index is 12.4. The maximum Gasteiger partial charge on any atom is 0.407 e. The minimum absolute atomic E-state index is 0.0531. The van der Waals surface area contributed by atoms with Gasteiger partial charge in [0.2, 0.25) is 0 Å². The van der Waals surface area contributed by atoms with Crippen LogP contribution in [0.15, 0.2) is 73.1 Å². The van der Waals surface area contributed by atoms with Gasteiger partial charge in [-0.05, 0) is 39.9 Å². The van der Waals surface area contributed by atoms with Crippen LogP contribution in [0.5, 0.6) is 0 Å². The van der Waals surface area contributed by atoms with Crippen LogP contribution in [0.25, 0.3) is 11.1 Å². The molecule has 0 saturated carbocycles. The van der Waals surface area contributed by atoms with E-state index >= 15 is 0 Å². The number of hydrogen-bond donors (Lipinski definition) is 3. The van der Waals surface area contributed by atoms with E-state index in [2.05, 4.69) is 10.3 Å². The summed E-state index contributed by atoms with van der Waals surface area (Å²) in [5.41, 5.74) is 4.63. The Labute approximate surface area is 173 Å². The summed E-state index contributed by atoms with van der Waals surface area (Å²) >= 11 is 0. The molecule has 3 aromatic rings. The van der Waals surface area contributed by atoms with Crippen molar-refractivity contribution in [1.29, 1.82) is 0 Å². The molecular formula is C23H20N2O5. The standard InChI is InChI=1S/C23H20N2O5/c26-21(14-9-11-24-12-10-14)20(22(27)28)25-23(29)30-13-19-17-7-3-1-5-15(17)16-6-2-4-8-18(16)19/h1-12,19-21,26H,13H2,(H,25,29)(H,27,28)/t20-,21+/m0/s1. The zero-order valence-electron chi connectivity index (χ0n) is 15.9. The number of hydrogen-bond acceptors (Lipinski definition) is 5. The van der Waals surface area contributed by atoms with Gasteiger partial charge in [0.1, 0.15) is 12.7 Å². The predicted octanol–water partition coefficient (Wildman–Crippen LogP) is 3.11. The molecule has 0 spiro atoms. The number of nitrogens with zero attached hydrogens (tertiary/aromatic N) is 1. The van der Waals surface area contributed by atoms with Gasteiger partial charge < -0.3 is 20.3 Å². The maximum atomic E-state index is 12.4. The predicted molar refractivity (Wildman–Crippen MR) is 109 cm³/mol. The average Bonchev–Trinajstić information content (AvgIpc) is 3.10. The molecule has 1 aromatic heterocycles. The van der Waals surface area contributed by atoms with Crippen molar-refractivity contribution in [3.05, 3.63) is 89.7 Å². The van der Waals surface area contributed by atoms with Crippen LogP contribution in [-0.4, -0.2) is 39.9 Å². The molecule has 2 atom stereocenters. The van der Waals surface area contributed by atoms with Crippen molar-refractivity contribution in [2.45, 2.75) is 18.1 Å². The Bertz CT molecular complexity index is 1020. The molecule has 1 heterocycles. The molecule has 0 unspecified atom stereocenters. The zero-order valence-corrected chi connectivity index (χ0v) is 15.9. The molecule has 0 bridgehead atoms. The highest BCUT2D eigenvalue weighted by molar-refractivity contribution is 5.81. The van der Waals surface area contributed by atoms with Crippen molar-refractivity contribution in [1.82, 2.24) is 10.3 Å². The summed E-state index contributed by atoms with van der Waals surface area (Å²) < 4.78 is 5.37. The smallest absolute Gasteiger partial charge is 0.407 e. The molecule has 3 N–H and O–H groups in total. The molecular weight excluding hydrogens is 384 g/mol. The number of carboxylic acids is 1. The highest BCUT2D eigenvalue weighted by atomic mass is 16.5. The fourth-order valence-electron chi connectivity index (χ4n) is 3.80. The molecule has 7 heteroatoms. The van der Waals surface area contributed by atoms with Gasteiger partial charge in [-0.2, -0.15) is 0 Å². The molecule has 0 aliphatic heterocycles. The lowest BCUT2D eigenvalue weighted by Crippen LogP contribution is -2.45. The van der Waals surface area contributed by atoms with E-state index in [1.165, 1.54) is 24.5 Å². The Morgan fingerprint density at radius 1 is 0.967 bits per heavy atom. The second-order valence-electron chi connectivity index (χ2n) is 7.01. The highest BCUT2D eigenvalue weighted by Gasteiger charge is 2.32. The molecule has 0 radical (unpaired) electrons. The number of aromatic nitrogens is 1. The molecule has 7 nitrogen and oxygen atoms in total. The second-order valence-corrected chi connectivity index (χ2v) is 7.01. The first kappa shape index (κ1) is 19.6. The Hall–Kier alpha value is -3.71. The molecule has 1 aliphatic carbocycles. The van der Waals surface area contributed by atoms with Crippen LogP contribution < -0.4 is 5.32 Å². The van der Waals surface area contributed by atoms with E-state index in [1.54, 1.807) is 0 Å². The number of aliphatic carboxylic acids is 1. The summed E-state index contributed by atoms with van der Waals surface area (Å²) in [7, 11) is 0. The molecule has 2 aromatic carbocycles. The fourth-order valence-corrected chi connectivity index (χ4v) is 3.80. The van der Waals surface area contributed by atoms with Gasteiger partial charge in [-0.3, -0.25) is 4.98 Å². The quantitative estimate of drug-likeness (QED) is 0.583. The molecule has 152 valence electrons. The van der Waals surface area contributed by atoms with Crippen molar-refractivity contribution in [2.24, 2.45) is 0 Å². The first-order valence-electron chi connectivity index (χ1n) is 9.48. The van der Waals surface area contributed by atoms with Gasteiger partial charge in [-0.25, -0.2) is 9.59 Å².